The Bertz CT molecular complexity index is 755. The van der Waals surface area contributed by atoms with E-state index >= 15 is 0 Å². The van der Waals surface area contributed by atoms with Crippen LogP contribution in [0.25, 0.3) is 0 Å². The molecule has 1 N–H and O–H groups in total. The van der Waals surface area contributed by atoms with E-state index in [0.717, 1.165) is 30.4 Å². The topological polar surface area (TPSA) is 20.2 Å². The first-order chi connectivity index (χ1) is 12.3. The van der Waals surface area contributed by atoms with Gasteiger partial charge in [-0.15, -0.1) is 0 Å². The largest absolute Gasteiger partial charge is 0.507 e. The van der Waals surface area contributed by atoms with Crippen molar-refractivity contribution in [2.45, 2.75) is 92.4 Å². The zero-order valence-corrected chi connectivity index (χ0v) is 18.9. The quantitative estimate of drug-likeness (QED) is 0.612. The Morgan fingerprint density at radius 3 is 1.56 bits per heavy atom. The summed E-state index contributed by atoms with van der Waals surface area (Å²) in [6.07, 6.45) is 3.27. The number of aromatic hydroxyl groups is 1. The lowest BCUT2D eigenvalue weighted by Crippen LogP contribution is -2.18. The van der Waals surface area contributed by atoms with Crippen LogP contribution in [-0.2, 0) is 23.7 Å². The molecule has 0 heterocycles. The van der Waals surface area contributed by atoms with Gasteiger partial charge in [-0.2, -0.15) is 0 Å². The van der Waals surface area contributed by atoms with Gasteiger partial charge in [0.2, 0.25) is 0 Å². The van der Waals surface area contributed by atoms with Crippen LogP contribution in [0.15, 0.2) is 24.3 Å². The zero-order valence-electron chi connectivity index (χ0n) is 18.9. The second-order valence-electron chi connectivity index (χ2n) is 10.3. The lowest BCUT2D eigenvalue weighted by atomic mass is 9.78. The minimum Gasteiger partial charge on any atom is -0.507 e. The van der Waals surface area contributed by atoms with Gasteiger partial charge in [-0.05, 0) is 84.2 Å². The highest BCUT2D eigenvalue weighted by molar-refractivity contribution is 5.50. The average Bonchev–Trinajstić information content (AvgIpc) is 2.48. The van der Waals surface area contributed by atoms with Crippen LogP contribution >= 0.6 is 0 Å². The van der Waals surface area contributed by atoms with Crippen LogP contribution in [0, 0.1) is 20.8 Å². The Kier molecular flexibility index (Phi) is 6.14. The van der Waals surface area contributed by atoms with E-state index in [9.17, 15) is 5.11 Å². The van der Waals surface area contributed by atoms with Crippen LogP contribution in [0.3, 0.4) is 0 Å². The van der Waals surface area contributed by atoms with E-state index in [4.69, 9.17) is 0 Å². The highest BCUT2D eigenvalue weighted by Gasteiger charge is 2.26. The summed E-state index contributed by atoms with van der Waals surface area (Å²) in [4.78, 5) is 0. The van der Waals surface area contributed by atoms with Crippen LogP contribution < -0.4 is 0 Å². The van der Waals surface area contributed by atoms with E-state index in [0.29, 0.717) is 5.75 Å². The molecule has 2 aromatic rings. The SMILES string of the molecule is Cc1cc(C)c(CCCc2cc(C(C)(C)C)c(O)c(C(C)(C)C)c2)c(C)c1. The van der Waals surface area contributed by atoms with Crippen molar-refractivity contribution < 1.29 is 5.11 Å². The molecule has 0 unspecified atom stereocenters. The maximum absolute atomic E-state index is 10.9. The molecule has 2 aromatic carbocycles. The fraction of sp³-hybridized carbons (Fsp3) is 0.538. The van der Waals surface area contributed by atoms with E-state index in [2.05, 4.69) is 86.6 Å². The molecule has 0 fully saturated rings. The van der Waals surface area contributed by atoms with Gasteiger partial charge in [0.15, 0.2) is 0 Å². The van der Waals surface area contributed by atoms with Gasteiger partial charge in [0.25, 0.3) is 0 Å². The molecule has 0 atom stereocenters. The molecule has 0 bridgehead atoms. The third-order valence-electron chi connectivity index (χ3n) is 5.52. The van der Waals surface area contributed by atoms with Gasteiger partial charge < -0.3 is 5.11 Å². The highest BCUT2D eigenvalue weighted by Crippen LogP contribution is 2.40. The molecule has 2 rings (SSSR count). The number of aryl methyl sites for hydroxylation is 4. The number of hydrogen-bond acceptors (Lipinski definition) is 1. The average molecular weight is 367 g/mol. The predicted octanol–water partition coefficient (Wildman–Crippen LogP) is 7.09. The molecule has 0 saturated heterocycles. The van der Waals surface area contributed by atoms with Crippen LogP contribution in [0.1, 0.15) is 86.9 Å². The second kappa shape index (κ2) is 7.70. The molecule has 0 aromatic heterocycles. The number of phenols is 1. The normalized spacial score (nSPS) is 12.5. The molecule has 0 aliphatic rings. The molecule has 0 spiro atoms. The van der Waals surface area contributed by atoms with Crippen molar-refractivity contribution in [1.82, 2.24) is 0 Å². The lowest BCUT2D eigenvalue weighted by Gasteiger charge is -2.28. The number of benzene rings is 2. The van der Waals surface area contributed by atoms with Gasteiger partial charge in [-0.25, -0.2) is 0 Å². The maximum Gasteiger partial charge on any atom is 0.123 e. The summed E-state index contributed by atoms with van der Waals surface area (Å²) in [5.74, 6) is 0.476. The van der Waals surface area contributed by atoms with Gasteiger partial charge in [0.05, 0.1) is 0 Å². The monoisotopic (exact) mass is 366 g/mol. The van der Waals surface area contributed by atoms with Crippen molar-refractivity contribution in [3.8, 4) is 5.75 Å². The van der Waals surface area contributed by atoms with E-state index in [-0.39, 0.29) is 10.8 Å². The molecule has 27 heavy (non-hydrogen) atoms. The van der Waals surface area contributed by atoms with Crippen molar-refractivity contribution in [1.29, 1.82) is 0 Å². The van der Waals surface area contributed by atoms with Crippen molar-refractivity contribution in [3.05, 3.63) is 63.2 Å². The minimum absolute atomic E-state index is 0.0653. The number of hydrogen-bond donors (Lipinski definition) is 1. The van der Waals surface area contributed by atoms with Gasteiger partial charge in [0.1, 0.15) is 5.75 Å². The van der Waals surface area contributed by atoms with Crippen LogP contribution in [0.4, 0.5) is 0 Å². The third-order valence-corrected chi connectivity index (χ3v) is 5.52. The third kappa shape index (κ3) is 5.15. The van der Waals surface area contributed by atoms with E-state index in [1.54, 1.807) is 0 Å². The van der Waals surface area contributed by atoms with Crippen LogP contribution in [0.5, 0.6) is 5.75 Å². The lowest BCUT2D eigenvalue weighted by molar-refractivity contribution is 0.422. The van der Waals surface area contributed by atoms with Gasteiger partial charge in [-0.3, -0.25) is 0 Å². The van der Waals surface area contributed by atoms with Gasteiger partial charge in [0, 0.05) is 0 Å². The summed E-state index contributed by atoms with van der Waals surface area (Å²) in [5.41, 5.74) is 8.98. The Labute approximate surface area is 166 Å². The summed E-state index contributed by atoms with van der Waals surface area (Å²) in [6.45, 7) is 19.7. The summed E-state index contributed by atoms with van der Waals surface area (Å²) in [6, 6.07) is 9.02. The molecule has 1 nitrogen and oxygen atoms in total. The summed E-state index contributed by atoms with van der Waals surface area (Å²) >= 11 is 0. The Morgan fingerprint density at radius 1 is 0.704 bits per heavy atom. The molecular weight excluding hydrogens is 328 g/mol. The highest BCUT2D eigenvalue weighted by atomic mass is 16.3. The number of rotatable bonds is 4. The molecule has 0 amide bonds. The minimum atomic E-state index is -0.0653. The van der Waals surface area contributed by atoms with Crippen molar-refractivity contribution in [3.63, 3.8) is 0 Å². The summed E-state index contributed by atoms with van der Waals surface area (Å²) in [5, 5.41) is 10.9. The second-order valence-corrected chi connectivity index (χ2v) is 10.3. The maximum atomic E-state index is 10.9. The Balaban J connectivity index is 2.29. The van der Waals surface area contributed by atoms with Crippen molar-refractivity contribution >= 4 is 0 Å². The number of phenolic OH excluding ortho intramolecular Hbond substituents is 1. The first-order valence-corrected chi connectivity index (χ1v) is 10.2. The first kappa shape index (κ1) is 21.5. The standard InChI is InChI=1S/C26H38O/c1-17-13-18(2)21(19(3)14-17)12-10-11-20-15-22(25(4,5)6)24(27)23(16-20)26(7,8)9/h13-16,27H,10-12H2,1-9H3. The molecule has 0 saturated carbocycles. The van der Waals surface area contributed by atoms with Crippen molar-refractivity contribution in [2.24, 2.45) is 0 Å². The molecule has 1 heteroatoms. The Morgan fingerprint density at radius 2 is 1.15 bits per heavy atom. The molecule has 0 aliphatic heterocycles. The predicted molar refractivity (Wildman–Crippen MR) is 118 cm³/mol. The smallest absolute Gasteiger partial charge is 0.123 e. The summed E-state index contributed by atoms with van der Waals surface area (Å²) < 4.78 is 0. The van der Waals surface area contributed by atoms with Gasteiger partial charge >= 0.3 is 0 Å². The fourth-order valence-corrected chi connectivity index (χ4v) is 4.06. The molecule has 0 aliphatic carbocycles. The summed E-state index contributed by atoms with van der Waals surface area (Å²) in [7, 11) is 0. The molecular formula is C26H38O. The first-order valence-electron chi connectivity index (χ1n) is 10.2. The molecule has 0 radical (unpaired) electrons. The zero-order chi connectivity index (χ0) is 20.6. The van der Waals surface area contributed by atoms with Crippen molar-refractivity contribution in [2.75, 3.05) is 0 Å². The van der Waals surface area contributed by atoms with Crippen LogP contribution in [0.2, 0.25) is 0 Å². The Hall–Kier alpha value is -1.76. The van der Waals surface area contributed by atoms with Crippen LogP contribution in [-0.4, -0.2) is 5.11 Å². The van der Waals surface area contributed by atoms with Gasteiger partial charge in [-0.1, -0.05) is 71.4 Å². The fourth-order valence-electron chi connectivity index (χ4n) is 4.06. The van der Waals surface area contributed by atoms with E-state index in [1.165, 1.54) is 27.8 Å². The van der Waals surface area contributed by atoms with E-state index < -0.39 is 0 Å². The van der Waals surface area contributed by atoms with E-state index in [1.807, 2.05) is 0 Å². The molecule has 148 valence electrons.